The second-order valence-corrected chi connectivity index (χ2v) is 7.40. The van der Waals surface area contributed by atoms with E-state index in [2.05, 4.69) is 23.9 Å². The Morgan fingerprint density at radius 3 is 2.68 bits per heavy atom. The van der Waals surface area contributed by atoms with Gasteiger partial charge in [-0.05, 0) is 48.3 Å². The molecular formula is C17H22ClN3O. The van der Waals surface area contributed by atoms with Crippen LogP contribution in [0.1, 0.15) is 32.3 Å². The number of hydrogen-bond donors (Lipinski definition) is 1. The Morgan fingerprint density at radius 2 is 2.05 bits per heavy atom. The first-order valence-electron chi connectivity index (χ1n) is 7.70. The van der Waals surface area contributed by atoms with Gasteiger partial charge in [-0.2, -0.15) is 5.10 Å². The van der Waals surface area contributed by atoms with Crippen LogP contribution in [0.15, 0.2) is 36.9 Å². The molecule has 0 unspecified atom stereocenters. The quantitative estimate of drug-likeness (QED) is 0.940. The van der Waals surface area contributed by atoms with Gasteiger partial charge in [-0.15, -0.1) is 0 Å². The highest BCUT2D eigenvalue weighted by atomic mass is 35.5. The fraction of sp³-hybridized carbons (Fsp3) is 0.529. The van der Waals surface area contributed by atoms with Crippen LogP contribution in [0.3, 0.4) is 0 Å². The molecule has 1 aromatic carbocycles. The van der Waals surface area contributed by atoms with Gasteiger partial charge < -0.3 is 5.11 Å². The largest absolute Gasteiger partial charge is 0.387 e. The summed E-state index contributed by atoms with van der Waals surface area (Å²) in [6.07, 6.45) is 6.06. The number of hydrogen-bond acceptors (Lipinski definition) is 3. The Kier molecular flexibility index (Phi) is 4.00. The Balaban J connectivity index is 1.84. The van der Waals surface area contributed by atoms with E-state index in [1.165, 1.54) is 11.9 Å². The Hall–Kier alpha value is -1.39. The molecule has 1 aromatic heterocycles. The number of rotatable bonds is 4. The molecule has 1 aliphatic rings. The molecule has 1 saturated carbocycles. The minimum Gasteiger partial charge on any atom is -0.387 e. The topological polar surface area (TPSA) is 50.9 Å². The van der Waals surface area contributed by atoms with Crippen LogP contribution in [0.5, 0.6) is 0 Å². The van der Waals surface area contributed by atoms with Crippen molar-refractivity contribution in [3.05, 3.63) is 47.5 Å². The zero-order valence-corrected chi connectivity index (χ0v) is 13.8. The molecule has 0 bridgehead atoms. The van der Waals surface area contributed by atoms with Crippen molar-refractivity contribution in [2.45, 2.75) is 45.3 Å². The Bertz CT molecular complexity index is 624. The summed E-state index contributed by atoms with van der Waals surface area (Å²) in [7, 11) is 0. The van der Waals surface area contributed by atoms with Crippen molar-refractivity contribution in [3.8, 4) is 0 Å². The molecule has 118 valence electrons. The lowest BCUT2D eigenvalue weighted by Gasteiger charge is -2.40. The van der Waals surface area contributed by atoms with Gasteiger partial charge in [0.05, 0.1) is 12.1 Å². The molecule has 1 aliphatic carbocycles. The summed E-state index contributed by atoms with van der Waals surface area (Å²) in [5.41, 5.74) is 0.278. The van der Waals surface area contributed by atoms with E-state index in [1.807, 2.05) is 24.3 Å². The number of benzene rings is 1. The first-order chi connectivity index (χ1) is 10.4. The van der Waals surface area contributed by atoms with E-state index >= 15 is 0 Å². The Labute approximate surface area is 136 Å². The van der Waals surface area contributed by atoms with E-state index in [9.17, 15) is 5.11 Å². The van der Waals surface area contributed by atoms with Crippen molar-refractivity contribution in [3.63, 3.8) is 0 Å². The normalized spacial score (nSPS) is 27.2. The molecule has 4 nitrogen and oxygen atoms in total. The van der Waals surface area contributed by atoms with Crippen molar-refractivity contribution < 1.29 is 5.11 Å². The molecule has 3 rings (SSSR count). The van der Waals surface area contributed by atoms with Crippen LogP contribution in [0.4, 0.5) is 0 Å². The van der Waals surface area contributed by atoms with Gasteiger partial charge in [0.1, 0.15) is 12.7 Å². The lowest BCUT2D eigenvalue weighted by Crippen LogP contribution is -2.49. The first kappa shape index (κ1) is 15.5. The van der Waals surface area contributed by atoms with Crippen LogP contribution in [-0.4, -0.2) is 25.5 Å². The third-order valence-corrected chi connectivity index (χ3v) is 5.48. The summed E-state index contributed by atoms with van der Waals surface area (Å²) in [6.45, 7) is 4.77. The zero-order chi connectivity index (χ0) is 15.8. The summed E-state index contributed by atoms with van der Waals surface area (Å²) in [5, 5.41) is 16.4. The van der Waals surface area contributed by atoms with Crippen LogP contribution in [0.25, 0.3) is 0 Å². The molecule has 0 spiro atoms. The van der Waals surface area contributed by atoms with Gasteiger partial charge in [-0.1, -0.05) is 37.6 Å². The third-order valence-electron chi connectivity index (χ3n) is 5.23. The van der Waals surface area contributed by atoms with Crippen LogP contribution in [-0.2, 0) is 13.0 Å². The first-order valence-corrected chi connectivity index (χ1v) is 8.08. The van der Waals surface area contributed by atoms with Gasteiger partial charge in [-0.25, -0.2) is 4.98 Å². The highest BCUT2D eigenvalue weighted by Gasteiger charge is 2.54. The minimum absolute atomic E-state index is 0.143. The maximum absolute atomic E-state index is 11.5. The van der Waals surface area contributed by atoms with Crippen LogP contribution < -0.4 is 0 Å². The Morgan fingerprint density at radius 1 is 1.32 bits per heavy atom. The molecule has 0 saturated heterocycles. The molecule has 1 N–H and O–H groups in total. The number of halogens is 1. The zero-order valence-electron chi connectivity index (χ0n) is 13.0. The van der Waals surface area contributed by atoms with E-state index in [4.69, 9.17) is 11.6 Å². The highest BCUT2D eigenvalue weighted by Crippen LogP contribution is 2.51. The van der Waals surface area contributed by atoms with Gasteiger partial charge in [-0.3, -0.25) is 4.68 Å². The van der Waals surface area contributed by atoms with E-state index in [0.717, 1.165) is 24.3 Å². The third kappa shape index (κ3) is 2.77. The number of nitrogens with zero attached hydrogens (tertiary/aromatic N) is 3. The molecule has 0 aliphatic heterocycles. The molecule has 22 heavy (non-hydrogen) atoms. The second kappa shape index (κ2) is 5.67. The summed E-state index contributed by atoms with van der Waals surface area (Å²) in [4.78, 5) is 3.99. The fourth-order valence-corrected chi connectivity index (χ4v) is 3.75. The standard InChI is InChI=1S/C17H22ClN3O/c1-16(2)8-7-14(9-13-3-5-15(18)6-4-13)17(16,22)10-21-12-19-11-20-21/h3-6,11-12,14,22H,7-10H2,1-2H3/t14-,17+/m0/s1. The highest BCUT2D eigenvalue weighted by molar-refractivity contribution is 6.30. The maximum atomic E-state index is 11.5. The molecule has 1 fully saturated rings. The fourth-order valence-electron chi connectivity index (χ4n) is 3.62. The second-order valence-electron chi connectivity index (χ2n) is 6.97. The summed E-state index contributed by atoms with van der Waals surface area (Å²) >= 11 is 5.96. The van der Waals surface area contributed by atoms with Gasteiger partial charge in [0.2, 0.25) is 0 Å². The molecule has 5 heteroatoms. The minimum atomic E-state index is -0.791. The lowest BCUT2D eigenvalue weighted by molar-refractivity contribution is -0.0907. The molecule has 0 radical (unpaired) electrons. The molecule has 2 aromatic rings. The van der Waals surface area contributed by atoms with E-state index in [1.54, 1.807) is 11.0 Å². The average Bonchev–Trinajstić information content (AvgIpc) is 3.04. The molecule has 2 atom stereocenters. The molecular weight excluding hydrogens is 298 g/mol. The predicted molar refractivity (Wildman–Crippen MR) is 86.6 cm³/mol. The average molecular weight is 320 g/mol. The van der Waals surface area contributed by atoms with Gasteiger partial charge in [0.25, 0.3) is 0 Å². The number of aromatic nitrogens is 3. The van der Waals surface area contributed by atoms with Crippen molar-refractivity contribution in [2.75, 3.05) is 0 Å². The van der Waals surface area contributed by atoms with E-state index in [0.29, 0.717) is 6.54 Å². The van der Waals surface area contributed by atoms with Crippen molar-refractivity contribution in [2.24, 2.45) is 11.3 Å². The monoisotopic (exact) mass is 319 g/mol. The molecule has 0 amide bonds. The summed E-state index contributed by atoms with van der Waals surface area (Å²) < 4.78 is 1.74. The van der Waals surface area contributed by atoms with Gasteiger partial charge >= 0.3 is 0 Å². The smallest absolute Gasteiger partial charge is 0.137 e. The van der Waals surface area contributed by atoms with E-state index < -0.39 is 5.60 Å². The lowest BCUT2D eigenvalue weighted by atomic mass is 9.72. The van der Waals surface area contributed by atoms with Crippen molar-refractivity contribution >= 4 is 11.6 Å². The SMILES string of the molecule is CC1(C)CC[C@@H](Cc2ccc(Cl)cc2)[C@]1(O)Cn1cncn1. The summed E-state index contributed by atoms with van der Waals surface area (Å²) in [6, 6.07) is 7.91. The molecule has 1 heterocycles. The van der Waals surface area contributed by atoms with Crippen LogP contribution in [0.2, 0.25) is 5.02 Å². The van der Waals surface area contributed by atoms with Crippen LogP contribution >= 0.6 is 11.6 Å². The maximum Gasteiger partial charge on any atom is 0.137 e. The van der Waals surface area contributed by atoms with Gasteiger partial charge in [0, 0.05) is 5.02 Å². The summed E-state index contributed by atoms with van der Waals surface area (Å²) in [5.74, 6) is 0.202. The number of aliphatic hydroxyl groups is 1. The van der Waals surface area contributed by atoms with Crippen LogP contribution in [0, 0.1) is 11.3 Å². The van der Waals surface area contributed by atoms with Crippen molar-refractivity contribution in [1.29, 1.82) is 0 Å². The van der Waals surface area contributed by atoms with E-state index in [-0.39, 0.29) is 11.3 Å². The predicted octanol–water partition coefficient (Wildman–Crippen LogP) is 3.34. The van der Waals surface area contributed by atoms with Gasteiger partial charge in [0.15, 0.2) is 0 Å². The van der Waals surface area contributed by atoms with Crippen molar-refractivity contribution in [1.82, 2.24) is 14.8 Å².